The number of benzene rings is 1. The number of aromatic hydroxyl groups is 1. The molecule has 1 aliphatic carbocycles. The zero-order chi connectivity index (χ0) is 13.8. The molecule has 0 heterocycles. The van der Waals surface area contributed by atoms with Gasteiger partial charge in [0.15, 0.2) is 0 Å². The van der Waals surface area contributed by atoms with Crippen molar-refractivity contribution in [3.8, 4) is 5.75 Å². The Labute approximate surface area is 115 Å². The first-order valence-corrected chi connectivity index (χ1v) is 7.16. The first-order chi connectivity index (χ1) is 9.09. The van der Waals surface area contributed by atoms with Gasteiger partial charge in [0.2, 0.25) is 0 Å². The predicted molar refractivity (Wildman–Crippen MR) is 76.3 cm³/mol. The van der Waals surface area contributed by atoms with E-state index in [4.69, 9.17) is 0 Å². The van der Waals surface area contributed by atoms with Crippen LogP contribution >= 0.6 is 0 Å². The highest BCUT2D eigenvalue weighted by atomic mass is 16.3. The van der Waals surface area contributed by atoms with Gasteiger partial charge in [-0.2, -0.15) is 0 Å². The van der Waals surface area contributed by atoms with Crippen LogP contribution in [0.2, 0.25) is 0 Å². The zero-order valence-corrected chi connectivity index (χ0v) is 11.8. The maximum atomic E-state index is 12.1. The molecule has 2 unspecified atom stereocenters. The summed E-state index contributed by atoms with van der Waals surface area (Å²) >= 11 is 0. The van der Waals surface area contributed by atoms with Crippen LogP contribution in [0.25, 0.3) is 0 Å². The Morgan fingerprint density at radius 2 is 2.11 bits per heavy atom. The first kappa shape index (κ1) is 13.9. The largest absolute Gasteiger partial charge is 0.508 e. The summed E-state index contributed by atoms with van der Waals surface area (Å²) in [5.74, 6) is 1.39. The molecule has 0 aliphatic heterocycles. The van der Waals surface area contributed by atoms with E-state index in [2.05, 4.69) is 12.2 Å². The summed E-state index contributed by atoms with van der Waals surface area (Å²) in [6.45, 7) is 4.79. The summed E-state index contributed by atoms with van der Waals surface area (Å²) in [4.78, 5) is 12.1. The van der Waals surface area contributed by atoms with Gasteiger partial charge in [-0.05, 0) is 37.3 Å². The molecule has 1 aromatic carbocycles. The van der Waals surface area contributed by atoms with E-state index in [1.807, 2.05) is 0 Å². The third kappa shape index (κ3) is 3.28. The van der Waals surface area contributed by atoms with Crippen molar-refractivity contribution < 1.29 is 9.90 Å². The number of hydrogen-bond donors (Lipinski definition) is 2. The highest BCUT2D eigenvalue weighted by molar-refractivity contribution is 5.96. The fraction of sp³-hybridized carbons (Fsp3) is 0.562. The molecule has 2 atom stereocenters. The average Bonchev–Trinajstić information content (AvgIpc) is 2.40. The van der Waals surface area contributed by atoms with Crippen LogP contribution in [0.15, 0.2) is 18.2 Å². The van der Waals surface area contributed by atoms with Crippen molar-refractivity contribution in [2.24, 2.45) is 11.8 Å². The van der Waals surface area contributed by atoms with E-state index >= 15 is 0 Å². The second-order valence-electron chi connectivity index (χ2n) is 5.68. The molecule has 0 aromatic heterocycles. The molecule has 1 fully saturated rings. The van der Waals surface area contributed by atoms with E-state index in [9.17, 15) is 9.90 Å². The van der Waals surface area contributed by atoms with Crippen LogP contribution in [0.3, 0.4) is 0 Å². The summed E-state index contributed by atoms with van der Waals surface area (Å²) in [6.07, 6.45) is 5.07. The normalized spacial score (nSPS) is 23.1. The minimum absolute atomic E-state index is 0.0776. The van der Waals surface area contributed by atoms with Gasteiger partial charge in [0, 0.05) is 17.7 Å². The van der Waals surface area contributed by atoms with Crippen LogP contribution in [0.5, 0.6) is 5.75 Å². The zero-order valence-electron chi connectivity index (χ0n) is 11.8. The third-order valence-electron chi connectivity index (χ3n) is 4.36. The van der Waals surface area contributed by atoms with Gasteiger partial charge < -0.3 is 10.4 Å². The molecule has 3 heteroatoms. The molecule has 2 N–H and O–H groups in total. The molecule has 3 nitrogen and oxygen atoms in total. The van der Waals surface area contributed by atoms with Crippen molar-refractivity contribution in [2.45, 2.75) is 39.5 Å². The van der Waals surface area contributed by atoms with E-state index in [-0.39, 0.29) is 11.7 Å². The Hall–Kier alpha value is -1.51. The Morgan fingerprint density at radius 1 is 1.37 bits per heavy atom. The number of hydrogen-bond acceptors (Lipinski definition) is 2. The van der Waals surface area contributed by atoms with Crippen LogP contribution < -0.4 is 5.32 Å². The average molecular weight is 261 g/mol. The number of carbonyl (C=O) groups excluding carboxylic acids is 1. The van der Waals surface area contributed by atoms with Crippen LogP contribution in [-0.4, -0.2) is 17.6 Å². The van der Waals surface area contributed by atoms with Crippen LogP contribution in [0.4, 0.5) is 0 Å². The lowest BCUT2D eigenvalue weighted by Crippen LogP contribution is -2.33. The molecule has 19 heavy (non-hydrogen) atoms. The lowest BCUT2D eigenvalue weighted by Gasteiger charge is -2.28. The second kappa shape index (κ2) is 6.09. The molecule has 0 saturated heterocycles. The van der Waals surface area contributed by atoms with Crippen LogP contribution in [0.1, 0.15) is 48.5 Å². The maximum Gasteiger partial charge on any atom is 0.251 e. The summed E-state index contributed by atoms with van der Waals surface area (Å²) < 4.78 is 0. The van der Waals surface area contributed by atoms with E-state index < -0.39 is 0 Å². The number of carbonyl (C=O) groups is 1. The molecule has 2 rings (SSSR count). The number of phenols is 1. The standard InChI is InChI=1S/C16H23NO2/c1-11-6-3-4-7-13(11)10-17-16(19)14-8-5-9-15(18)12(14)2/h5,8-9,11,13,18H,3-4,6-7,10H2,1-2H3,(H,17,19). The van der Waals surface area contributed by atoms with Gasteiger partial charge in [0.1, 0.15) is 5.75 Å². The van der Waals surface area contributed by atoms with Crippen LogP contribution in [-0.2, 0) is 0 Å². The van der Waals surface area contributed by atoms with Gasteiger partial charge in [0.05, 0.1) is 0 Å². The van der Waals surface area contributed by atoms with Crippen molar-refractivity contribution in [3.63, 3.8) is 0 Å². The summed E-state index contributed by atoms with van der Waals surface area (Å²) in [6, 6.07) is 5.07. The van der Waals surface area contributed by atoms with Crippen molar-refractivity contribution in [2.75, 3.05) is 6.54 Å². The molecule has 1 aliphatic rings. The van der Waals surface area contributed by atoms with Gasteiger partial charge in [-0.3, -0.25) is 4.79 Å². The highest BCUT2D eigenvalue weighted by Crippen LogP contribution is 2.29. The maximum absolute atomic E-state index is 12.1. The second-order valence-corrected chi connectivity index (χ2v) is 5.68. The molecule has 0 spiro atoms. The van der Waals surface area contributed by atoms with Gasteiger partial charge in [0.25, 0.3) is 5.91 Å². The lowest BCUT2D eigenvalue weighted by molar-refractivity contribution is 0.0935. The van der Waals surface area contributed by atoms with Crippen molar-refractivity contribution >= 4 is 5.91 Å². The Morgan fingerprint density at radius 3 is 2.84 bits per heavy atom. The summed E-state index contributed by atoms with van der Waals surface area (Å²) in [7, 11) is 0. The molecular weight excluding hydrogens is 238 g/mol. The monoisotopic (exact) mass is 261 g/mol. The Bertz CT molecular complexity index is 456. The van der Waals surface area contributed by atoms with E-state index in [1.165, 1.54) is 25.7 Å². The highest BCUT2D eigenvalue weighted by Gasteiger charge is 2.22. The van der Waals surface area contributed by atoms with Gasteiger partial charge >= 0.3 is 0 Å². The molecule has 104 valence electrons. The van der Waals surface area contributed by atoms with Crippen LogP contribution in [0, 0.1) is 18.8 Å². The Kier molecular flexibility index (Phi) is 4.46. The molecule has 0 radical (unpaired) electrons. The van der Waals surface area contributed by atoms with Crippen molar-refractivity contribution in [1.29, 1.82) is 0 Å². The fourth-order valence-electron chi connectivity index (χ4n) is 2.88. The summed E-state index contributed by atoms with van der Waals surface area (Å²) in [5.41, 5.74) is 1.22. The molecule has 1 aromatic rings. The minimum atomic E-state index is -0.0776. The number of phenolic OH excluding ortho intramolecular Hbond substituents is 1. The minimum Gasteiger partial charge on any atom is -0.508 e. The molecule has 1 amide bonds. The third-order valence-corrected chi connectivity index (χ3v) is 4.36. The lowest BCUT2D eigenvalue weighted by atomic mass is 9.80. The molecule has 0 bridgehead atoms. The number of amides is 1. The van der Waals surface area contributed by atoms with Gasteiger partial charge in [-0.25, -0.2) is 0 Å². The van der Waals surface area contributed by atoms with E-state index in [0.717, 1.165) is 6.54 Å². The molecular formula is C16H23NO2. The van der Waals surface area contributed by atoms with Gasteiger partial charge in [-0.15, -0.1) is 0 Å². The first-order valence-electron chi connectivity index (χ1n) is 7.16. The fourth-order valence-corrected chi connectivity index (χ4v) is 2.88. The smallest absolute Gasteiger partial charge is 0.251 e. The Balaban J connectivity index is 1.95. The molecule has 1 saturated carbocycles. The number of rotatable bonds is 3. The number of nitrogens with one attached hydrogen (secondary N) is 1. The SMILES string of the molecule is Cc1c(O)cccc1C(=O)NCC1CCCCC1C. The quantitative estimate of drug-likeness (QED) is 0.877. The van der Waals surface area contributed by atoms with Crippen molar-refractivity contribution in [3.05, 3.63) is 29.3 Å². The van der Waals surface area contributed by atoms with Gasteiger partial charge in [-0.1, -0.05) is 32.3 Å². The van der Waals surface area contributed by atoms with E-state index in [1.54, 1.807) is 25.1 Å². The topological polar surface area (TPSA) is 49.3 Å². The predicted octanol–water partition coefficient (Wildman–Crippen LogP) is 3.26. The van der Waals surface area contributed by atoms with E-state index in [0.29, 0.717) is 23.0 Å². The van der Waals surface area contributed by atoms with Crippen molar-refractivity contribution in [1.82, 2.24) is 5.32 Å². The summed E-state index contributed by atoms with van der Waals surface area (Å²) in [5, 5.41) is 12.6.